The van der Waals surface area contributed by atoms with Crippen LogP contribution in [0.4, 0.5) is 13.2 Å². The maximum absolute atomic E-state index is 11.9. The van der Waals surface area contributed by atoms with Crippen molar-refractivity contribution in [2.75, 3.05) is 33.7 Å². The minimum Gasteiger partial charge on any atom is -0.320 e. The van der Waals surface area contributed by atoms with Crippen molar-refractivity contribution in [3.63, 3.8) is 0 Å². The average molecular weight is 226 g/mol. The SMILES string of the molecule is CNCCCCCN(C)CCC(F)(F)F. The first kappa shape index (κ1) is 14.7. The number of unbranched alkanes of at least 4 members (excludes halogenated alkanes) is 2. The topological polar surface area (TPSA) is 15.3 Å². The highest BCUT2D eigenvalue weighted by Gasteiger charge is 2.26. The first-order chi connectivity index (χ1) is 6.95. The molecule has 1 N–H and O–H groups in total. The van der Waals surface area contributed by atoms with Crippen molar-refractivity contribution in [3.05, 3.63) is 0 Å². The normalized spacial score (nSPS) is 12.4. The predicted octanol–water partition coefficient (Wildman–Crippen LogP) is 2.26. The van der Waals surface area contributed by atoms with E-state index in [1.54, 1.807) is 11.9 Å². The Balaban J connectivity index is 3.30. The largest absolute Gasteiger partial charge is 0.390 e. The molecule has 0 amide bonds. The second kappa shape index (κ2) is 7.93. The van der Waals surface area contributed by atoms with Gasteiger partial charge in [0.15, 0.2) is 0 Å². The van der Waals surface area contributed by atoms with Crippen LogP contribution in [-0.2, 0) is 0 Å². The molecule has 0 atom stereocenters. The second-order valence-corrected chi connectivity index (χ2v) is 3.83. The molecule has 92 valence electrons. The summed E-state index contributed by atoms with van der Waals surface area (Å²) < 4.78 is 35.6. The fourth-order valence-corrected chi connectivity index (χ4v) is 1.29. The van der Waals surface area contributed by atoms with E-state index in [-0.39, 0.29) is 6.54 Å². The number of halogens is 3. The third kappa shape index (κ3) is 11.6. The van der Waals surface area contributed by atoms with Gasteiger partial charge in [0.1, 0.15) is 0 Å². The molecule has 0 saturated heterocycles. The summed E-state index contributed by atoms with van der Waals surface area (Å²) in [6.45, 7) is 1.83. The summed E-state index contributed by atoms with van der Waals surface area (Å²) in [4.78, 5) is 1.74. The summed E-state index contributed by atoms with van der Waals surface area (Å²) in [5, 5.41) is 3.04. The summed E-state index contributed by atoms with van der Waals surface area (Å²) in [5.74, 6) is 0. The smallest absolute Gasteiger partial charge is 0.320 e. The summed E-state index contributed by atoms with van der Waals surface area (Å²) in [6.07, 6.45) is -1.61. The highest BCUT2D eigenvalue weighted by atomic mass is 19.4. The van der Waals surface area contributed by atoms with Crippen LogP contribution in [0, 0.1) is 0 Å². The molecular weight excluding hydrogens is 205 g/mol. The summed E-state index contributed by atoms with van der Waals surface area (Å²) in [6, 6.07) is 0. The molecular formula is C10H21F3N2. The molecule has 0 unspecified atom stereocenters. The predicted molar refractivity (Wildman–Crippen MR) is 55.9 cm³/mol. The lowest BCUT2D eigenvalue weighted by Gasteiger charge is -2.17. The van der Waals surface area contributed by atoms with Gasteiger partial charge < -0.3 is 10.2 Å². The van der Waals surface area contributed by atoms with E-state index in [0.717, 1.165) is 32.4 Å². The van der Waals surface area contributed by atoms with Crippen molar-refractivity contribution in [1.29, 1.82) is 0 Å². The summed E-state index contributed by atoms with van der Waals surface area (Å²) in [7, 11) is 3.64. The highest BCUT2D eigenvalue weighted by Crippen LogP contribution is 2.19. The van der Waals surface area contributed by atoms with Crippen molar-refractivity contribution >= 4 is 0 Å². The van der Waals surface area contributed by atoms with E-state index in [2.05, 4.69) is 5.32 Å². The van der Waals surface area contributed by atoms with E-state index in [9.17, 15) is 13.2 Å². The standard InChI is InChI=1S/C10H21F3N2/c1-14-7-4-3-5-8-15(2)9-6-10(11,12)13/h14H,3-9H2,1-2H3. The molecule has 0 radical (unpaired) electrons. The van der Waals surface area contributed by atoms with Gasteiger partial charge in [0.2, 0.25) is 0 Å². The van der Waals surface area contributed by atoms with Crippen molar-refractivity contribution < 1.29 is 13.2 Å². The Morgan fingerprint density at radius 3 is 2.27 bits per heavy atom. The lowest BCUT2D eigenvalue weighted by molar-refractivity contribution is -0.137. The van der Waals surface area contributed by atoms with Crippen molar-refractivity contribution in [1.82, 2.24) is 10.2 Å². The Morgan fingerprint density at radius 2 is 1.73 bits per heavy atom. The molecule has 0 aromatic heterocycles. The van der Waals surface area contributed by atoms with Crippen LogP contribution in [0.2, 0.25) is 0 Å². The molecule has 0 heterocycles. The lowest BCUT2D eigenvalue weighted by Crippen LogP contribution is -2.25. The number of alkyl halides is 3. The van der Waals surface area contributed by atoms with Crippen LogP contribution in [0.5, 0.6) is 0 Å². The Morgan fingerprint density at radius 1 is 1.07 bits per heavy atom. The van der Waals surface area contributed by atoms with Crippen LogP contribution >= 0.6 is 0 Å². The van der Waals surface area contributed by atoms with E-state index in [4.69, 9.17) is 0 Å². The lowest BCUT2D eigenvalue weighted by atomic mass is 10.2. The van der Waals surface area contributed by atoms with Gasteiger partial charge in [-0.05, 0) is 40.0 Å². The van der Waals surface area contributed by atoms with Crippen molar-refractivity contribution in [2.45, 2.75) is 31.9 Å². The molecule has 0 aromatic carbocycles. The molecule has 0 aromatic rings. The van der Waals surface area contributed by atoms with Gasteiger partial charge in [-0.25, -0.2) is 0 Å². The zero-order valence-corrected chi connectivity index (χ0v) is 9.53. The molecule has 0 aliphatic carbocycles. The Labute approximate surface area is 89.8 Å². The quantitative estimate of drug-likeness (QED) is 0.639. The van der Waals surface area contributed by atoms with Gasteiger partial charge in [0.25, 0.3) is 0 Å². The van der Waals surface area contributed by atoms with E-state index in [0.29, 0.717) is 0 Å². The molecule has 2 nitrogen and oxygen atoms in total. The highest BCUT2D eigenvalue weighted by molar-refractivity contribution is 4.57. The molecule has 0 spiro atoms. The maximum atomic E-state index is 11.9. The molecule has 15 heavy (non-hydrogen) atoms. The van der Waals surface area contributed by atoms with Crippen LogP contribution in [0.25, 0.3) is 0 Å². The average Bonchev–Trinajstić information content (AvgIpc) is 2.13. The van der Waals surface area contributed by atoms with Crippen molar-refractivity contribution in [3.8, 4) is 0 Å². The maximum Gasteiger partial charge on any atom is 0.390 e. The molecule has 0 bridgehead atoms. The second-order valence-electron chi connectivity index (χ2n) is 3.83. The Hall–Kier alpha value is -0.290. The van der Waals surface area contributed by atoms with E-state index in [1.165, 1.54) is 0 Å². The van der Waals surface area contributed by atoms with E-state index >= 15 is 0 Å². The number of nitrogens with one attached hydrogen (secondary N) is 1. The van der Waals surface area contributed by atoms with Crippen LogP contribution in [0.1, 0.15) is 25.7 Å². The van der Waals surface area contributed by atoms with Crippen molar-refractivity contribution in [2.24, 2.45) is 0 Å². The fraction of sp³-hybridized carbons (Fsp3) is 1.00. The van der Waals surface area contributed by atoms with Gasteiger partial charge in [0, 0.05) is 6.54 Å². The Kier molecular flexibility index (Phi) is 7.78. The zero-order valence-electron chi connectivity index (χ0n) is 9.53. The molecule has 0 saturated carbocycles. The zero-order chi connectivity index (χ0) is 11.7. The number of nitrogens with zero attached hydrogens (tertiary/aromatic N) is 1. The van der Waals surface area contributed by atoms with Gasteiger partial charge >= 0.3 is 6.18 Å². The Bertz CT molecular complexity index is 148. The van der Waals surface area contributed by atoms with Crippen LogP contribution in [0.15, 0.2) is 0 Å². The third-order valence-corrected chi connectivity index (χ3v) is 2.24. The van der Waals surface area contributed by atoms with Gasteiger partial charge in [0.05, 0.1) is 6.42 Å². The van der Waals surface area contributed by atoms with E-state index < -0.39 is 12.6 Å². The number of hydrogen-bond acceptors (Lipinski definition) is 2. The first-order valence-electron chi connectivity index (χ1n) is 5.35. The van der Waals surface area contributed by atoms with Gasteiger partial charge in [-0.1, -0.05) is 6.42 Å². The summed E-state index contributed by atoms with van der Waals surface area (Å²) >= 11 is 0. The molecule has 0 aliphatic rings. The fourth-order valence-electron chi connectivity index (χ4n) is 1.29. The molecule has 5 heteroatoms. The van der Waals surface area contributed by atoms with Gasteiger partial charge in [-0.15, -0.1) is 0 Å². The third-order valence-electron chi connectivity index (χ3n) is 2.24. The molecule has 0 rings (SSSR count). The minimum atomic E-state index is -4.03. The first-order valence-corrected chi connectivity index (χ1v) is 5.35. The van der Waals surface area contributed by atoms with Crippen LogP contribution in [0.3, 0.4) is 0 Å². The number of rotatable bonds is 8. The monoisotopic (exact) mass is 226 g/mol. The summed E-state index contributed by atoms with van der Waals surface area (Å²) in [5.41, 5.74) is 0. The molecule has 0 fully saturated rings. The van der Waals surface area contributed by atoms with E-state index in [1.807, 2.05) is 7.05 Å². The minimum absolute atomic E-state index is 0.107. The number of hydrogen-bond donors (Lipinski definition) is 1. The van der Waals surface area contributed by atoms with Gasteiger partial charge in [-0.2, -0.15) is 13.2 Å². The van der Waals surface area contributed by atoms with Gasteiger partial charge in [-0.3, -0.25) is 0 Å². The molecule has 0 aliphatic heterocycles. The van der Waals surface area contributed by atoms with Crippen LogP contribution < -0.4 is 5.32 Å². The van der Waals surface area contributed by atoms with Crippen LogP contribution in [-0.4, -0.2) is 44.8 Å².